The topological polar surface area (TPSA) is 67.2 Å². The average Bonchev–Trinajstić information content (AvgIpc) is 2.90. The van der Waals surface area contributed by atoms with Gasteiger partial charge in [-0.1, -0.05) is 6.07 Å². The Bertz CT molecular complexity index is 767. The van der Waals surface area contributed by atoms with E-state index in [2.05, 4.69) is 10.4 Å². The van der Waals surface area contributed by atoms with Crippen molar-refractivity contribution in [1.29, 1.82) is 0 Å². The molecule has 2 amide bonds. The third-order valence-electron chi connectivity index (χ3n) is 4.12. The molecule has 0 saturated carbocycles. The first kappa shape index (κ1) is 18.7. The summed E-state index contributed by atoms with van der Waals surface area (Å²) in [7, 11) is 1.74. The molecule has 1 aromatic heterocycles. The van der Waals surface area contributed by atoms with E-state index in [4.69, 9.17) is 0 Å². The molecule has 6 heteroatoms. The Labute approximate surface area is 148 Å². The Hall–Kier alpha value is -2.63. The molecule has 2 rings (SSSR count). The van der Waals surface area contributed by atoms with Crippen LogP contribution in [0.2, 0.25) is 0 Å². The van der Waals surface area contributed by atoms with E-state index in [9.17, 15) is 9.59 Å². The van der Waals surface area contributed by atoms with Crippen molar-refractivity contribution in [3.63, 3.8) is 0 Å². The molecule has 1 N–H and O–H groups in total. The zero-order chi connectivity index (χ0) is 18.6. The van der Waals surface area contributed by atoms with Crippen LogP contribution in [0.15, 0.2) is 30.3 Å². The number of carbonyl (C=O) groups is 2. The monoisotopic (exact) mass is 342 g/mol. The van der Waals surface area contributed by atoms with E-state index in [0.29, 0.717) is 24.2 Å². The number of nitrogens with zero attached hydrogens (tertiary/aromatic N) is 3. The smallest absolute Gasteiger partial charge is 0.253 e. The van der Waals surface area contributed by atoms with E-state index in [1.807, 2.05) is 38.4 Å². The van der Waals surface area contributed by atoms with Crippen LogP contribution in [0.3, 0.4) is 0 Å². The van der Waals surface area contributed by atoms with Gasteiger partial charge in [0.15, 0.2) is 0 Å². The average molecular weight is 342 g/mol. The number of nitrogens with one attached hydrogen (secondary N) is 1. The van der Waals surface area contributed by atoms with Crippen molar-refractivity contribution >= 4 is 11.8 Å². The fourth-order valence-corrected chi connectivity index (χ4v) is 2.63. The van der Waals surface area contributed by atoms with Gasteiger partial charge in [-0.3, -0.25) is 14.3 Å². The summed E-state index contributed by atoms with van der Waals surface area (Å²) in [6.45, 7) is 9.01. The highest BCUT2D eigenvalue weighted by molar-refractivity contribution is 5.99. The molecule has 6 nitrogen and oxygen atoms in total. The van der Waals surface area contributed by atoms with Gasteiger partial charge in [0.2, 0.25) is 0 Å². The number of carbonyl (C=O) groups excluding carboxylic acids is 2. The van der Waals surface area contributed by atoms with Crippen LogP contribution >= 0.6 is 0 Å². The van der Waals surface area contributed by atoms with Gasteiger partial charge in [-0.05, 0) is 52.0 Å². The van der Waals surface area contributed by atoms with Gasteiger partial charge in [0.05, 0.1) is 12.2 Å². The minimum absolute atomic E-state index is 0.0804. The lowest BCUT2D eigenvalue weighted by molar-refractivity contribution is 0.0802. The van der Waals surface area contributed by atoms with Gasteiger partial charge >= 0.3 is 0 Å². The molecule has 0 fully saturated rings. The van der Waals surface area contributed by atoms with Crippen molar-refractivity contribution in [2.75, 3.05) is 13.6 Å². The Morgan fingerprint density at radius 2 is 1.92 bits per heavy atom. The van der Waals surface area contributed by atoms with Crippen LogP contribution in [0.5, 0.6) is 0 Å². The van der Waals surface area contributed by atoms with Gasteiger partial charge < -0.3 is 10.2 Å². The van der Waals surface area contributed by atoms with Crippen molar-refractivity contribution in [3.05, 3.63) is 52.8 Å². The zero-order valence-corrected chi connectivity index (χ0v) is 15.5. The fourth-order valence-electron chi connectivity index (χ4n) is 2.63. The highest BCUT2D eigenvalue weighted by Gasteiger charge is 2.15. The predicted molar refractivity (Wildman–Crippen MR) is 97.7 cm³/mol. The normalized spacial score (nSPS) is 11.9. The lowest BCUT2D eigenvalue weighted by Gasteiger charge is -2.17. The van der Waals surface area contributed by atoms with E-state index in [0.717, 1.165) is 11.4 Å². The van der Waals surface area contributed by atoms with E-state index in [1.54, 1.807) is 36.2 Å². The highest BCUT2D eigenvalue weighted by Crippen LogP contribution is 2.09. The molecule has 25 heavy (non-hydrogen) atoms. The highest BCUT2D eigenvalue weighted by atomic mass is 16.2. The maximum absolute atomic E-state index is 12.5. The second-order valence-electron chi connectivity index (χ2n) is 6.38. The number of rotatable bonds is 6. The summed E-state index contributed by atoms with van der Waals surface area (Å²) in [6.07, 6.45) is 0. The molecule has 2 aromatic rings. The molecule has 0 aliphatic heterocycles. The van der Waals surface area contributed by atoms with Crippen LogP contribution in [0.25, 0.3) is 0 Å². The van der Waals surface area contributed by atoms with Crippen LogP contribution in [-0.2, 0) is 6.54 Å². The lowest BCUT2D eigenvalue weighted by atomic mass is 10.1. The molecule has 0 radical (unpaired) electrons. The van der Waals surface area contributed by atoms with Gasteiger partial charge in [-0.15, -0.1) is 0 Å². The minimum Gasteiger partial charge on any atom is -0.348 e. The van der Waals surface area contributed by atoms with Gasteiger partial charge in [0.1, 0.15) is 0 Å². The predicted octanol–water partition coefficient (Wildman–Crippen LogP) is 2.41. The van der Waals surface area contributed by atoms with Crippen molar-refractivity contribution < 1.29 is 9.59 Å². The molecule has 0 aliphatic carbocycles. The van der Waals surface area contributed by atoms with E-state index in [-0.39, 0.29) is 17.9 Å². The quantitative estimate of drug-likeness (QED) is 0.876. The number of aromatic nitrogens is 2. The van der Waals surface area contributed by atoms with Gasteiger partial charge in [-0.25, -0.2) is 0 Å². The molecule has 0 unspecified atom stereocenters. The Morgan fingerprint density at radius 3 is 2.52 bits per heavy atom. The third kappa shape index (κ3) is 4.68. The first-order chi connectivity index (χ1) is 11.8. The molecule has 0 aliphatic rings. The third-order valence-corrected chi connectivity index (χ3v) is 4.12. The Morgan fingerprint density at radius 1 is 1.24 bits per heavy atom. The van der Waals surface area contributed by atoms with Crippen molar-refractivity contribution in [2.45, 2.75) is 40.3 Å². The summed E-state index contributed by atoms with van der Waals surface area (Å²) in [5.41, 5.74) is 3.02. The molecule has 0 bridgehead atoms. The molecule has 0 spiro atoms. The standard InChI is InChI=1S/C19H26N4O2/c1-6-22(5)19(25)17-9-7-8-16(11-17)18(24)20-14(3)12-23-15(4)10-13(2)21-23/h7-11,14H,6,12H2,1-5H3,(H,20,24)/t14-/m0/s1. The first-order valence-electron chi connectivity index (χ1n) is 8.49. The van der Waals surface area contributed by atoms with Gasteiger partial charge in [0, 0.05) is 36.5 Å². The second kappa shape index (κ2) is 7.96. The largest absolute Gasteiger partial charge is 0.348 e. The zero-order valence-electron chi connectivity index (χ0n) is 15.5. The van der Waals surface area contributed by atoms with Crippen molar-refractivity contribution in [1.82, 2.24) is 20.0 Å². The van der Waals surface area contributed by atoms with Crippen LogP contribution < -0.4 is 5.32 Å². The summed E-state index contributed by atoms with van der Waals surface area (Å²) >= 11 is 0. The van der Waals surface area contributed by atoms with Gasteiger partial charge in [0.25, 0.3) is 11.8 Å². The number of hydrogen-bond acceptors (Lipinski definition) is 3. The number of aryl methyl sites for hydroxylation is 2. The van der Waals surface area contributed by atoms with Gasteiger partial charge in [-0.2, -0.15) is 5.10 Å². The maximum atomic E-state index is 12.5. The fraction of sp³-hybridized carbons (Fsp3) is 0.421. The van der Waals surface area contributed by atoms with Crippen LogP contribution in [0.1, 0.15) is 46.0 Å². The van der Waals surface area contributed by atoms with Crippen LogP contribution in [0, 0.1) is 13.8 Å². The molecular formula is C19H26N4O2. The van der Waals surface area contributed by atoms with E-state index in [1.165, 1.54) is 0 Å². The molecule has 0 saturated heterocycles. The first-order valence-corrected chi connectivity index (χ1v) is 8.49. The van der Waals surface area contributed by atoms with E-state index < -0.39 is 0 Å². The van der Waals surface area contributed by atoms with Crippen LogP contribution in [0.4, 0.5) is 0 Å². The SMILES string of the molecule is CCN(C)C(=O)c1cccc(C(=O)N[C@@H](C)Cn2nc(C)cc2C)c1. The summed E-state index contributed by atoms with van der Waals surface area (Å²) in [6, 6.07) is 8.74. The maximum Gasteiger partial charge on any atom is 0.253 e. The lowest BCUT2D eigenvalue weighted by Crippen LogP contribution is -2.36. The Balaban J connectivity index is 2.05. The number of amides is 2. The van der Waals surface area contributed by atoms with Crippen molar-refractivity contribution in [3.8, 4) is 0 Å². The molecule has 1 atom stereocenters. The van der Waals surface area contributed by atoms with Crippen molar-refractivity contribution in [2.24, 2.45) is 0 Å². The van der Waals surface area contributed by atoms with Crippen LogP contribution in [-0.4, -0.2) is 46.1 Å². The summed E-state index contributed by atoms with van der Waals surface area (Å²) in [5, 5.41) is 7.38. The Kier molecular flexibility index (Phi) is 5.96. The summed E-state index contributed by atoms with van der Waals surface area (Å²) < 4.78 is 1.89. The molecule has 134 valence electrons. The molecule has 1 heterocycles. The minimum atomic E-state index is -0.192. The number of hydrogen-bond donors (Lipinski definition) is 1. The second-order valence-corrected chi connectivity index (χ2v) is 6.38. The van der Waals surface area contributed by atoms with E-state index >= 15 is 0 Å². The molecule has 1 aromatic carbocycles. The number of benzene rings is 1. The summed E-state index contributed by atoms with van der Waals surface area (Å²) in [5.74, 6) is -0.282. The summed E-state index contributed by atoms with van der Waals surface area (Å²) in [4.78, 5) is 26.3. The molecular weight excluding hydrogens is 316 g/mol.